The van der Waals surface area contributed by atoms with Gasteiger partial charge in [0.25, 0.3) is 11.6 Å². The molecule has 0 fully saturated rings. The second-order valence-corrected chi connectivity index (χ2v) is 12.0. The van der Waals surface area contributed by atoms with Crippen LogP contribution in [0.1, 0.15) is 39.3 Å². The SMILES string of the molecule is COC(=O)c1cc([N+](=O)[O-])ccc1S(=O)(=O)NCCC[C@H](NC(=O)c1ccc(N(C=O)Cc2cnc3nc(N)nc(N)c3n2)cc1)C(=O)OC. The number of nitro groups is 1. The van der Waals surface area contributed by atoms with Gasteiger partial charge in [-0.3, -0.25) is 19.7 Å². The van der Waals surface area contributed by atoms with Gasteiger partial charge in [-0.15, -0.1) is 0 Å². The number of ether oxygens (including phenoxy) is 2. The highest BCUT2D eigenvalue weighted by Crippen LogP contribution is 2.23. The second kappa shape index (κ2) is 15.7. The van der Waals surface area contributed by atoms with E-state index in [1.165, 1.54) is 35.4 Å². The Balaban J connectivity index is 1.38. The fraction of sp³-hybridized carbons (Fsp3) is 0.241. The number of nitro benzene ring substituents is 1. The highest BCUT2D eigenvalue weighted by molar-refractivity contribution is 7.89. The number of nitrogen functional groups attached to an aromatic ring is 2. The summed E-state index contributed by atoms with van der Waals surface area (Å²) < 4.78 is 37.5. The first-order valence-electron chi connectivity index (χ1n) is 14.4. The predicted octanol–water partition coefficient (Wildman–Crippen LogP) is 0.472. The quantitative estimate of drug-likeness (QED) is 0.0428. The zero-order valence-corrected chi connectivity index (χ0v) is 27.2. The first-order valence-corrected chi connectivity index (χ1v) is 15.9. The maximum absolute atomic E-state index is 13.0. The van der Waals surface area contributed by atoms with E-state index < -0.39 is 55.0 Å². The number of nitrogens with zero attached hydrogens (tertiary/aromatic N) is 6. The number of non-ortho nitro benzene ring substituents is 1. The summed E-state index contributed by atoms with van der Waals surface area (Å²) in [5, 5.41) is 13.6. The maximum Gasteiger partial charge on any atom is 0.339 e. The molecule has 0 aliphatic rings. The Morgan fingerprint density at radius 3 is 2.42 bits per heavy atom. The molecule has 2 aromatic heterocycles. The van der Waals surface area contributed by atoms with Crippen LogP contribution in [0.5, 0.6) is 0 Å². The van der Waals surface area contributed by atoms with Gasteiger partial charge in [0, 0.05) is 29.9 Å². The molecule has 6 N–H and O–H groups in total. The monoisotopic (exact) mass is 710 g/mol. The van der Waals surface area contributed by atoms with Crippen molar-refractivity contribution in [2.75, 3.05) is 37.1 Å². The third-order valence-corrected chi connectivity index (χ3v) is 8.56. The van der Waals surface area contributed by atoms with Crippen molar-refractivity contribution in [2.45, 2.75) is 30.3 Å². The average Bonchev–Trinajstić information content (AvgIpc) is 3.10. The van der Waals surface area contributed by atoms with E-state index in [4.69, 9.17) is 16.2 Å². The molecule has 21 heteroatoms. The van der Waals surface area contributed by atoms with Crippen LogP contribution in [0.25, 0.3) is 11.2 Å². The lowest BCUT2D eigenvalue weighted by molar-refractivity contribution is -0.384. The number of carbonyl (C=O) groups excluding carboxylic acids is 4. The lowest BCUT2D eigenvalue weighted by Gasteiger charge is -2.19. The molecule has 262 valence electrons. The number of amides is 2. The van der Waals surface area contributed by atoms with Crippen LogP contribution >= 0.6 is 0 Å². The van der Waals surface area contributed by atoms with Gasteiger partial charge >= 0.3 is 11.9 Å². The fourth-order valence-corrected chi connectivity index (χ4v) is 5.83. The number of rotatable bonds is 15. The Morgan fingerprint density at radius 2 is 1.78 bits per heavy atom. The lowest BCUT2D eigenvalue weighted by atomic mass is 10.1. The Bertz CT molecular complexity index is 2060. The molecule has 0 aliphatic carbocycles. The van der Waals surface area contributed by atoms with Crippen molar-refractivity contribution in [1.82, 2.24) is 30.0 Å². The molecule has 0 unspecified atom stereocenters. The van der Waals surface area contributed by atoms with Crippen LogP contribution in [0.4, 0.5) is 23.1 Å². The van der Waals surface area contributed by atoms with Crippen molar-refractivity contribution in [2.24, 2.45) is 0 Å². The van der Waals surface area contributed by atoms with Crippen molar-refractivity contribution in [1.29, 1.82) is 0 Å². The predicted molar refractivity (Wildman–Crippen MR) is 175 cm³/mol. The Kier molecular flexibility index (Phi) is 11.5. The zero-order valence-electron chi connectivity index (χ0n) is 26.4. The highest BCUT2D eigenvalue weighted by atomic mass is 32.2. The first-order chi connectivity index (χ1) is 23.8. The van der Waals surface area contributed by atoms with Crippen LogP contribution in [0, 0.1) is 10.1 Å². The molecule has 50 heavy (non-hydrogen) atoms. The first kappa shape index (κ1) is 36.5. The molecule has 0 spiro atoms. The van der Waals surface area contributed by atoms with Gasteiger partial charge in [-0.25, -0.2) is 32.7 Å². The molecule has 4 rings (SSSR count). The van der Waals surface area contributed by atoms with Gasteiger partial charge in [0.1, 0.15) is 6.04 Å². The number of fused-ring (bicyclic) bond motifs is 1. The van der Waals surface area contributed by atoms with Crippen molar-refractivity contribution in [3.05, 3.63) is 75.6 Å². The van der Waals surface area contributed by atoms with Gasteiger partial charge in [0.05, 0.1) is 48.0 Å². The van der Waals surface area contributed by atoms with Gasteiger partial charge in [0.2, 0.25) is 22.4 Å². The number of benzene rings is 2. The minimum absolute atomic E-state index is 0.00976. The van der Waals surface area contributed by atoms with Gasteiger partial charge < -0.3 is 31.2 Å². The second-order valence-electron chi connectivity index (χ2n) is 10.3. The van der Waals surface area contributed by atoms with E-state index in [2.05, 4.69) is 34.7 Å². The topological polar surface area (TPSA) is 295 Å². The van der Waals surface area contributed by atoms with E-state index in [9.17, 15) is 37.7 Å². The molecule has 20 nitrogen and oxygen atoms in total. The van der Waals surface area contributed by atoms with Crippen LogP contribution in [0.2, 0.25) is 0 Å². The standard InChI is InChI=1S/C29H30N10O10S/c1-48-27(42)20-12-19(39(44)45)9-10-22(20)50(46,47)33-11-3-4-21(28(43)49-2)35-26(41)16-5-7-18(8-6-16)38(15-40)14-17-13-32-25-23(34-17)24(30)36-29(31)37-25/h5-10,12-13,15,21,33H,3-4,11,14H2,1-2H3,(H,35,41)(H4,30,31,32,36,37)/t21-/m0/s1. The average molecular weight is 711 g/mol. The molecule has 0 bridgehead atoms. The smallest absolute Gasteiger partial charge is 0.339 e. The molecule has 4 aromatic rings. The highest BCUT2D eigenvalue weighted by Gasteiger charge is 2.27. The lowest BCUT2D eigenvalue weighted by Crippen LogP contribution is -2.42. The van der Waals surface area contributed by atoms with E-state index in [-0.39, 0.29) is 54.4 Å². The summed E-state index contributed by atoms with van der Waals surface area (Å²) in [6, 6.07) is 7.29. The minimum Gasteiger partial charge on any atom is -0.467 e. The number of sulfonamides is 1. The van der Waals surface area contributed by atoms with Crippen LogP contribution in [-0.4, -0.2) is 84.3 Å². The minimum atomic E-state index is -4.35. The summed E-state index contributed by atoms with van der Waals surface area (Å²) in [6.45, 7) is -0.251. The molecule has 2 heterocycles. The molecule has 2 aromatic carbocycles. The van der Waals surface area contributed by atoms with E-state index >= 15 is 0 Å². The summed E-state index contributed by atoms with van der Waals surface area (Å²) in [7, 11) is -2.24. The summed E-state index contributed by atoms with van der Waals surface area (Å²) in [5.41, 5.74) is 11.7. The molecule has 0 saturated heterocycles. The van der Waals surface area contributed by atoms with Crippen molar-refractivity contribution in [3.8, 4) is 0 Å². The van der Waals surface area contributed by atoms with Gasteiger partial charge in [-0.05, 0) is 43.2 Å². The summed E-state index contributed by atoms with van der Waals surface area (Å²) >= 11 is 0. The number of nitrogens with two attached hydrogens (primary N) is 2. The van der Waals surface area contributed by atoms with Gasteiger partial charge in [-0.2, -0.15) is 9.97 Å². The van der Waals surface area contributed by atoms with Crippen molar-refractivity contribution < 1.29 is 42.0 Å². The largest absolute Gasteiger partial charge is 0.467 e. The third-order valence-electron chi connectivity index (χ3n) is 7.04. The molecule has 2 amide bonds. The zero-order chi connectivity index (χ0) is 36.6. The molecule has 0 saturated carbocycles. The number of nitrogens with one attached hydrogen (secondary N) is 2. The van der Waals surface area contributed by atoms with E-state index in [0.29, 0.717) is 17.8 Å². The van der Waals surface area contributed by atoms with Crippen LogP contribution in [0.3, 0.4) is 0 Å². The fourth-order valence-electron chi connectivity index (χ4n) is 4.59. The Morgan fingerprint density at radius 1 is 1.06 bits per heavy atom. The number of esters is 2. The maximum atomic E-state index is 13.0. The van der Waals surface area contributed by atoms with E-state index in [1.54, 1.807) is 0 Å². The van der Waals surface area contributed by atoms with E-state index in [0.717, 1.165) is 32.4 Å². The number of hydrogen-bond donors (Lipinski definition) is 4. The Labute approximate surface area is 283 Å². The number of methoxy groups -OCH3 is 2. The van der Waals surface area contributed by atoms with Crippen LogP contribution in [0.15, 0.2) is 53.6 Å². The molecular formula is C29H30N10O10S. The van der Waals surface area contributed by atoms with Crippen molar-refractivity contribution in [3.63, 3.8) is 0 Å². The van der Waals surface area contributed by atoms with Crippen LogP contribution in [-0.2, 0) is 35.6 Å². The number of anilines is 3. The van der Waals surface area contributed by atoms with Gasteiger partial charge in [-0.1, -0.05) is 0 Å². The normalized spacial score (nSPS) is 11.7. The summed E-state index contributed by atoms with van der Waals surface area (Å²) in [6.07, 6.45) is 1.93. The number of carbonyl (C=O) groups is 4. The Hall–Kier alpha value is -6.35. The third kappa shape index (κ3) is 8.56. The molecule has 0 aliphatic heterocycles. The van der Waals surface area contributed by atoms with Gasteiger partial charge in [0.15, 0.2) is 17.0 Å². The molecule has 1 atom stereocenters. The number of aromatic nitrogens is 4. The van der Waals surface area contributed by atoms with E-state index in [1.807, 2.05) is 0 Å². The van der Waals surface area contributed by atoms with Crippen LogP contribution < -0.4 is 26.4 Å². The molecular weight excluding hydrogens is 680 g/mol. The summed E-state index contributed by atoms with van der Waals surface area (Å²) in [5.74, 6) is -2.58. The van der Waals surface area contributed by atoms with Crippen molar-refractivity contribution >= 4 is 68.6 Å². The summed E-state index contributed by atoms with van der Waals surface area (Å²) in [4.78, 5) is 76.9. The molecule has 0 radical (unpaired) electrons. The number of hydrogen-bond acceptors (Lipinski definition) is 16.